The number of halogens is 2. The van der Waals surface area contributed by atoms with Crippen LogP contribution in [0.2, 0.25) is 0 Å². The molecule has 53 heavy (non-hydrogen) atoms. The molecule has 0 saturated heterocycles. The molecule has 0 amide bonds. The second-order valence-corrected chi connectivity index (χ2v) is 14.2. The first-order valence-electron chi connectivity index (χ1n) is 22.2. The quantitative estimate of drug-likeness (QED) is 0.165. The monoisotopic (exact) mass is 893 g/mol. The molecule has 1 aliphatic rings. The molecule has 0 spiro atoms. The van der Waals surface area contributed by atoms with Gasteiger partial charge in [-0.25, -0.2) is 8.78 Å². The summed E-state index contributed by atoms with van der Waals surface area (Å²) < 4.78 is 114. The van der Waals surface area contributed by atoms with Gasteiger partial charge in [0.2, 0.25) is 5.92 Å². The maximum Gasteiger partial charge on any atom is 0.248 e. The minimum atomic E-state index is -2.85. The van der Waals surface area contributed by atoms with Gasteiger partial charge in [-0.3, -0.25) is 0 Å². The van der Waals surface area contributed by atoms with Crippen molar-refractivity contribution in [1.29, 1.82) is 0 Å². The van der Waals surface area contributed by atoms with Crippen LogP contribution in [-0.2, 0) is 25.5 Å². The summed E-state index contributed by atoms with van der Waals surface area (Å²) in [5.74, 6) is -4.22. The van der Waals surface area contributed by atoms with Gasteiger partial charge in [0.25, 0.3) is 0 Å². The Hall–Kier alpha value is -4.51. The molecule has 0 N–H and O–H groups in total. The summed E-state index contributed by atoms with van der Waals surface area (Å²) in [4.78, 5) is 8.87. The first kappa shape index (κ1) is 27.1. The van der Waals surface area contributed by atoms with Crippen LogP contribution in [0.3, 0.4) is 0 Å². The van der Waals surface area contributed by atoms with Crippen molar-refractivity contribution in [1.82, 2.24) is 9.97 Å². The normalized spacial score (nSPS) is 18.5. The van der Waals surface area contributed by atoms with Gasteiger partial charge in [0, 0.05) is 64.4 Å². The second-order valence-electron chi connectivity index (χ2n) is 14.2. The van der Waals surface area contributed by atoms with Crippen molar-refractivity contribution in [2.45, 2.75) is 84.2 Å². The van der Waals surface area contributed by atoms with Gasteiger partial charge in [-0.2, -0.15) is 0 Å². The molecule has 0 unspecified atom stereocenters. The van der Waals surface area contributed by atoms with Gasteiger partial charge in [0.1, 0.15) is 5.58 Å². The van der Waals surface area contributed by atoms with Crippen molar-refractivity contribution in [3.8, 4) is 33.6 Å². The zero-order chi connectivity index (χ0) is 45.0. The van der Waals surface area contributed by atoms with Crippen LogP contribution in [0.15, 0.2) is 108 Å². The van der Waals surface area contributed by atoms with E-state index < -0.39 is 45.2 Å². The van der Waals surface area contributed by atoms with Gasteiger partial charge >= 0.3 is 0 Å². The number of aryl methyl sites for hydroxylation is 3. The number of hydrogen-bond donors (Lipinski definition) is 0. The van der Waals surface area contributed by atoms with Gasteiger partial charge in [-0.1, -0.05) is 93.2 Å². The molecule has 273 valence electrons. The molecule has 4 aromatic carbocycles. The third kappa shape index (κ3) is 8.35. The largest absolute Gasteiger partial charge is 0.501 e. The molecule has 3 nitrogen and oxygen atoms in total. The number of para-hydroxylation sites is 1. The third-order valence-corrected chi connectivity index (χ3v) is 9.52. The van der Waals surface area contributed by atoms with Gasteiger partial charge in [-0.05, 0) is 88.7 Å². The molecule has 1 fully saturated rings. The predicted octanol–water partition coefficient (Wildman–Crippen LogP) is 13.2. The average Bonchev–Trinajstić information content (AvgIpc) is 3.60. The summed E-state index contributed by atoms with van der Waals surface area (Å²) in [5.41, 5.74) is 5.46. The molecule has 1 radical (unpaired) electrons. The molecular weight excluding hydrogens is 839 g/mol. The molecule has 3 heterocycles. The Labute approximate surface area is 339 Å². The van der Waals surface area contributed by atoms with Crippen LogP contribution in [0.1, 0.15) is 93.9 Å². The Balaban J connectivity index is 0.000000265. The maximum atomic E-state index is 13.9. The molecule has 7 aromatic rings. The minimum Gasteiger partial charge on any atom is -0.501 e. The number of aromatic nitrogens is 2. The van der Waals surface area contributed by atoms with Crippen LogP contribution < -0.4 is 0 Å². The number of nitrogens with zero attached hydrogens (tertiary/aromatic N) is 2. The SMILES string of the molecule is [2H]C([2H])([2H])c1c[c-]c(-c2ccc(C(C)(C)C)cn2)cc1.[2H]C([2H])([2H])c1cnc(-c2[c-]ccc3c2oc2ccccc23)cc1-c1ccc(C2([2H])CCC(F)(F)CC2)cc1C([2H])([2H])[2H].[Ir]. The molecule has 1 saturated carbocycles. The van der Waals surface area contributed by atoms with E-state index in [-0.39, 0.29) is 60.6 Å². The number of alkyl halides is 2. The summed E-state index contributed by atoms with van der Waals surface area (Å²) >= 11 is 0. The van der Waals surface area contributed by atoms with Crippen molar-refractivity contribution in [2.24, 2.45) is 0 Å². The standard InChI is InChI=1S/C31H26F2NO.C16H18N.Ir/c1-19-16-22(21-12-14-31(32,33)15-13-21)10-11-23(19)27-17-28(34-18-20(27)2)26-8-5-7-25-24-6-3-4-9-29(24)35-30(25)26;1-12-5-7-13(8-6-12)15-10-9-14(11-17-15)16(2,3)4;/h3-7,9-11,16-18,21H,12-15H2,1-2H3;5-7,9-11H,1-4H3;/q2*-1;/i1D3,2D3,21D;1D3;. The van der Waals surface area contributed by atoms with Crippen LogP contribution in [0.4, 0.5) is 8.78 Å². The number of benzene rings is 4. The molecule has 8 rings (SSSR count). The molecule has 1 aliphatic carbocycles. The maximum absolute atomic E-state index is 13.9. The van der Waals surface area contributed by atoms with Crippen molar-refractivity contribution in [3.05, 3.63) is 143 Å². The van der Waals surface area contributed by atoms with Crippen LogP contribution in [0, 0.1) is 32.7 Å². The van der Waals surface area contributed by atoms with E-state index in [0.717, 1.165) is 22.0 Å². The van der Waals surface area contributed by atoms with Crippen molar-refractivity contribution >= 4 is 21.9 Å². The van der Waals surface area contributed by atoms with Crippen LogP contribution >= 0.6 is 0 Å². The first-order valence-corrected chi connectivity index (χ1v) is 17.2. The minimum absolute atomic E-state index is 0. The van der Waals surface area contributed by atoms with Gasteiger partial charge in [-0.15, -0.1) is 53.6 Å². The Kier molecular flexibility index (Phi) is 7.91. The first-order chi connectivity index (χ1) is 28.8. The van der Waals surface area contributed by atoms with Gasteiger partial charge in [0.05, 0.1) is 5.58 Å². The average molecular weight is 893 g/mol. The summed E-state index contributed by atoms with van der Waals surface area (Å²) in [5, 5.41) is 1.72. The smallest absolute Gasteiger partial charge is 0.248 e. The van der Waals surface area contributed by atoms with E-state index in [1.165, 1.54) is 36.0 Å². The fraction of sp³-hybridized carbons (Fsp3) is 0.277. The van der Waals surface area contributed by atoms with E-state index in [2.05, 4.69) is 42.9 Å². The van der Waals surface area contributed by atoms with Crippen molar-refractivity contribution in [2.75, 3.05) is 0 Å². The van der Waals surface area contributed by atoms with Crippen LogP contribution in [0.5, 0.6) is 0 Å². The predicted molar refractivity (Wildman–Crippen MR) is 209 cm³/mol. The third-order valence-electron chi connectivity index (χ3n) is 9.52. The Bertz CT molecular complexity index is 2670. The van der Waals surface area contributed by atoms with Crippen LogP contribution in [-0.4, -0.2) is 15.9 Å². The number of furan rings is 1. The van der Waals surface area contributed by atoms with Crippen molar-refractivity contribution in [3.63, 3.8) is 0 Å². The molecular formula is C47H44F2IrN2O-2. The van der Waals surface area contributed by atoms with E-state index in [9.17, 15) is 8.78 Å². The zero-order valence-electron chi connectivity index (χ0n) is 39.5. The Morgan fingerprint density at radius 3 is 2.30 bits per heavy atom. The number of pyridine rings is 2. The number of rotatable bonds is 4. The zero-order valence-corrected chi connectivity index (χ0v) is 31.9. The van der Waals surface area contributed by atoms with Crippen LogP contribution in [0.25, 0.3) is 55.6 Å². The fourth-order valence-corrected chi connectivity index (χ4v) is 6.48. The van der Waals surface area contributed by atoms with E-state index in [0.29, 0.717) is 33.6 Å². The van der Waals surface area contributed by atoms with Gasteiger partial charge < -0.3 is 14.4 Å². The summed E-state index contributed by atoms with van der Waals surface area (Å²) in [6, 6.07) is 32.0. The summed E-state index contributed by atoms with van der Waals surface area (Å²) in [6.07, 6.45) is 1.94. The Morgan fingerprint density at radius 1 is 0.811 bits per heavy atom. The topological polar surface area (TPSA) is 38.9 Å². The number of hydrogen-bond acceptors (Lipinski definition) is 3. The molecule has 0 atom stereocenters. The van der Waals surface area contributed by atoms with E-state index in [4.69, 9.17) is 18.1 Å². The van der Waals surface area contributed by atoms with Crippen molar-refractivity contribution < 1.29 is 47.0 Å². The number of fused-ring (bicyclic) bond motifs is 3. The molecule has 6 heteroatoms. The van der Waals surface area contributed by atoms with E-state index in [1.807, 2.05) is 48.7 Å². The summed E-state index contributed by atoms with van der Waals surface area (Å²) in [6.45, 7) is -0.964. The second kappa shape index (κ2) is 15.5. The van der Waals surface area contributed by atoms with E-state index in [1.54, 1.807) is 24.3 Å². The summed E-state index contributed by atoms with van der Waals surface area (Å²) in [7, 11) is 0. The molecule has 3 aromatic heterocycles. The van der Waals surface area contributed by atoms with Gasteiger partial charge in [0.15, 0.2) is 0 Å². The molecule has 0 bridgehead atoms. The fourth-order valence-electron chi connectivity index (χ4n) is 6.48. The van der Waals surface area contributed by atoms with E-state index >= 15 is 0 Å². The molecule has 0 aliphatic heterocycles. The Morgan fingerprint density at radius 2 is 1.60 bits per heavy atom.